The van der Waals surface area contributed by atoms with E-state index >= 15 is 0 Å². The van der Waals surface area contributed by atoms with Gasteiger partial charge < -0.3 is 36.4 Å². The number of unbranched alkanes of at least 4 members (excludes halogenated alkanes) is 1. The molecule has 0 saturated heterocycles. The number of hydrogen-bond donors (Lipinski definition) is 6. The highest BCUT2D eigenvalue weighted by Crippen LogP contribution is 2.11. The first-order valence-electron chi connectivity index (χ1n) is 16.3. The number of carboxylic acids is 1. The molecule has 2 rings (SSSR count). The molecule has 0 fully saturated rings. The normalized spacial score (nSPS) is 13.2. The van der Waals surface area contributed by atoms with Crippen LogP contribution in [0.2, 0.25) is 0 Å². The number of nitrogens with one attached hydrogen (secondary N) is 5. The molecule has 0 radical (unpaired) electrons. The smallest absolute Gasteiger partial charge is 0.407 e. The summed E-state index contributed by atoms with van der Waals surface area (Å²) in [5.41, 5.74) is 1.58. The molecule has 49 heavy (non-hydrogen) atoms. The molecule has 0 bridgehead atoms. The average molecular weight is 700 g/mol. The predicted octanol–water partition coefficient (Wildman–Crippen LogP) is 2.78. The zero-order valence-corrected chi connectivity index (χ0v) is 29.1. The van der Waals surface area contributed by atoms with Crippen molar-refractivity contribution in [3.8, 4) is 0 Å². The first kappa shape index (κ1) is 40.6. The van der Waals surface area contributed by atoms with E-state index in [0.717, 1.165) is 11.1 Å². The maximum absolute atomic E-state index is 13.6. The Morgan fingerprint density at radius 2 is 1.35 bits per heavy atom. The maximum Gasteiger partial charge on any atom is 0.407 e. The Morgan fingerprint density at radius 3 is 1.94 bits per heavy atom. The van der Waals surface area contributed by atoms with Gasteiger partial charge in [-0.25, -0.2) is 9.59 Å². The number of amides is 5. The summed E-state index contributed by atoms with van der Waals surface area (Å²) in [6.45, 7) is 4.15. The van der Waals surface area contributed by atoms with E-state index in [2.05, 4.69) is 26.6 Å². The van der Waals surface area contributed by atoms with E-state index in [1.54, 1.807) is 24.3 Å². The Balaban J connectivity index is 2.04. The maximum atomic E-state index is 13.6. The first-order valence-corrected chi connectivity index (χ1v) is 17.7. The van der Waals surface area contributed by atoms with Crippen molar-refractivity contribution in [2.45, 2.75) is 83.1 Å². The van der Waals surface area contributed by atoms with Crippen molar-refractivity contribution in [1.82, 2.24) is 26.6 Å². The lowest BCUT2D eigenvalue weighted by Crippen LogP contribution is -2.58. The van der Waals surface area contributed by atoms with Gasteiger partial charge in [-0.2, -0.15) is 11.8 Å². The zero-order valence-electron chi connectivity index (χ0n) is 28.3. The van der Waals surface area contributed by atoms with Crippen molar-refractivity contribution in [2.75, 3.05) is 18.6 Å². The van der Waals surface area contributed by atoms with Gasteiger partial charge >= 0.3 is 12.1 Å². The van der Waals surface area contributed by atoms with Crippen molar-refractivity contribution >= 4 is 48.0 Å². The number of ether oxygens (including phenoxy) is 1. The van der Waals surface area contributed by atoms with Gasteiger partial charge in [-0.15, -0.1) is 0 Å². The van der Waals surface area contributed by atoms with Crippen LogP contribution in [0.1, 0.15) is 57.1 Å². The molecule has 268 valence electrons. The van der Waals surface area contributed by atoms with Gasteiger partial charge in [-0.1, -0.05) is 74.5 Å². The Hall–Kier alpha value is -4.59. The number of rotatable bonds is 23. The van der Waals surface area contributed by atoms with Crippen LogP contribution in [0.5, 0.6) is 0 Å². The summed E-state index contributed by atoms with van der Waals surface area (Å²) in [4.78, 5) is 75.4. The lowest BCUT2D eigenvalue weighted by Gasteiger charge is -2.26. The van der Waals surface area contributed by atoms with E-state index < -0.39 is 54.0 Å². The van der Waals surface area contributed by atoms with Gasteiger partial charge in [-0.3, -0.25) is 19.2 Å². The lowest BCUT2D eigenvalue weighted by molar-refractivity contribution is -0.142. The molecule has 0 aliphatic heterocycles. The average Bonchev–Trinajstić information content (AvgIpc) is 3.08. The second-order valence-electron chi connectivity index (χ2n) is 11.9. The van der Waals surface area contributed by atoms with E-state index in [1.165, 1.54) is 11.8 Å². The lowest BCUT2D eigenvalue weighted by atomic mass is 10.00. The molecule has 0 aliphatic carbocycles. The third-order valence-electron chi connectivity index (χ3n) is 7.47. The molecule has 0 heterocycles. The van der Waals surface area contributed by atoms with Crippen LogP contribution in [-0.2, 0) is 41.7 Å². The number of hydrogen-bond acceptors (Lipinski definition) is 8. The van der Waals surface area contributed by atoms with Crippen LogP contribution < -0.4 is 26.6 Å². The molecule has 13 nitrogen and oxygen atoms in total. The van der Waals surface area contributed by atoms with Crippen LogP contribution in [0.3, 0.4) is 0 Å². The fourth-order valence-corrected chi connectivity index (χ4v) is 5.35. The number of alkyl carbamates (subject to hydrolysis) is 1. The van der Waals surface area contributed by atoms with Gasteiger partial charge in [0.2, 0.25) is 24.1 Å². The summed E-state index contributed by atoms with van der Waals surface area (Å²) in [5.74, 6) is -2.44. The van der Waals surface area contributed by atoms with Crippen LogP contribution in [0.4, 0.5) is 4.79 Å². The van der Waals surface area contributed by atoms with Crippen molar-refractivity contribution in [3.05, 3.63) is 71.8 Å². The minimum absolute atomic E-state index is 0.00211. The van der Waals surface area contributed by atoms with Crippen LogP contribution in [-0.4, -0.2) is 84.0 Å². The topological polar surface area (TPSA) is 192 Å². The van der Waals surface area contributed by atoms with Crippen LogP contribution in [0.15, 0.2) is 60.7 Å². The number of carboxylic acid groups (broad SMARTS) is 1. The highest BCUT2D eigenvalue weighted by molar-refractivity contribution is 7.98. The zero-order chi connectivity index (χ0) is 36.0. The number of aliphatic carboxylic acids is 1. The van der Waals surface area contributed by atoms with E-state index in [4.69, 9.17) is 4.74 Å². The van der Waals surface area contributed by atoms with E-state index in [9.17, 15) is 33.9 Å². The number of carbonyl (C=O) groups excluding carboxylic acids is 5. The molecule has 0 saturated carbocycles. The van der Waals surface area contributed by atoms with E-state index in [0.29, 0.717) is 31.4 Å². The Morgan fingerprint density at radius 1 is 0.776 bits per heavy atom. The highest BCUT2D eigenvalue weighted by Gasteiger charge is 2.31. The molecule has 2 aromatic rings. The monoisotopic (exact) mass is 699 g/mol. The van der Waals surface area contributed by atoms with Gasteiger partial charge in [0.15, 0.2) is 0 Å². The van der Waals surface area contributed by atoms with Gasteiger partial charge in [-0.05, 0) is 61.2 Å². The second kappa shape index (κ2) is 22.9. The quantitative estimate of drug-likeness (QED) is 0.0748. The van der Waals surface area contributed by atoms with Gasteiger partial charge in [0.05, 0.1) is 0 Å². The van der Waals surface area contributed by atoms with Crippen LogP contribution in [0.25, 0.3) is 0 Å². The second-order valence-corrected chi connectivity index (χ2v) is 12.9. The summed E-state index contributed by atoms with van der Waals surface area (Å²) in [7, 11) is 0. The highest BCUT2D eigenvalue weighted by atomic mass is 32.2. The summed E-state index contributed by atoms with van der Waals surface area (Å²) in [6.07, 6.45) is 3.34. The first-order chi connectivity index (χ1) is 23.5. The summed E-state index contributed by atoms with van der Waals surface area (Å²) in [6, 6.07) is 13.9. The van der Waals surface area contributed by atoms with Gasteiger partial charge in [0.1, 0.15) is 30.8 Å². The minimum atomic E-state index is -1.24. The van der Waals surface area contributed by atoms with E-state index in [-0.39, 0.29) is 38.3 Å². The van der Waals surface area contributed by atoms with Crippen molar-refractivity contribution < 1.29 is 38.6 Å². The Bertz CT molecular complexity index is 1330. The van der Waals surface area contributed by atoms with Gasteiger partial charge in [0.25, 0.3) is 0 Å². The summed E-state index contributed by atoms with van der Waals surface area (Å²) >= 11 is 1.51. The molecule has 0 spiro atoms. The third kappa shape index (κ3) is 16.4. The molecule has 0 aliphatic rings. The largest absolute Gasteiger partial charge is 0.480 e. The Kier molecular flexibility index (Phi) is 19.0. The number of benzene rings is 2. The van der Waals surface area contributed by atoms with Gasteiger partial charge in [0, 0.05) is 13.0 Å². The van der Waals surface area contributed by atoms with Crippen molar-refractivity contribution in [2.24, 2.45) is 5.92 Å². The molecule has 2 aromatic carbocycles. The van der Waals surface area contributed by atoms with Crippen molar-refractivity contribution in [3.63, 3.8) is 0 Å². The molecule has 0 aromatic heterocycles. The molecule has 4 atom stereocenters. The van der Waals surface area contributed by atoms with Crippen LogP contribution in [0, 0.1) is 5.92 Å². The molecule has 5 amide bonds. The summed E-state index contributed by atoms with van der Waals surface area (Å²) < 4.78 is 5.17. The Labute approximate surface area is 292 Å². The molecule has 14 heteroatoms. The fourth-order valence-electron chi connectivity index (χ4n) is 4.88. The van der Waals surface area contributed by atoms with E-state index in [1.807, 2.05) is 56.5 Å². The molecular formula is C35H49N5O8S. The molecule has 6 N–H and O–H groups in total. The standard InChI is InChI=1S/C35H49N5O8S/c1-24(2)20-29(39-31(42)27(37-23-41)17-19-49-3)32(43)40-30(21-25-12-6-4-7-13-25)33(44)38-28(34(45)46)16-10-11-18-36-35(47)48-22-26-14-8-5-9-15-26/h4-9,12-15,23-24,27-30H,10-11,16-22H2,1-3H3,(H,36,47)(H,37,41)(H,38,44)(H,39,42)(H,40,43)(H,45,46)/t27-,28-,29-,30-/m0/s1. The summed E-state index contributed by atoms with van der Waals surface area (Å²) in [5, 5.41) is 23.0. The SMILES string of the molecule is CSCC[C@H](NC=O)C(=O)N[C@@H](CC(C)C)C(=O)N[C@@H](Cc1ccccc1)C(=O)N[C@@H](CCCCNC(=O)OCc1ccccc1)C(=O)O. The third-order valence-corrected chi connectivity index (χ3v) is 8.11. The minimum Gasteiger partial charge on any atom is -0.480 e. The molecule has 0 unspecified atom stereocenters. The number of carbonyl (C=O) groups is 6. The number of thioether (sulfide) groups is 1. The predicted molar refractivity (Wildman–Crippen MR) is 187 cm³/mol. The van der Waals surface area contributed by atoms with Crippen molar-refractivity contribution in [1.29, 1.82) is 0 Å². The molecular weight excluding hydrogens is 650 g/mol. The fraction of sp³-hybridized carbons (Fsp3) is 0.486. The van der Waals surface area contributed by atoms with Crippen LogP contribution >= 0.6 is 11.8 Å².